The molecule has 0 bridgehead atoms. The summed E-state index contributed by atoms with van der Waals surface area (Å²) < 4.78 is 65.1. The van der Waals surface area contributed by atoms with Crippen LogP contribution in [-0.2, 0) is 16.8 Å². The summed E-state index contributed by atoms with van der Waals surface area (Å²) in [6, 6.07) is -2.18. The Bertz CT molecular complexity index is 532. The summed E-state index contributed by atoms with van der Waals surface area (Å²) in [4.78, 5) is 0. The topological polar surface area (TPSA) is 66.4 Å². The molecule has 0 saturated carbocycles. The standard InChI is InChI=1S/C8H10O4S.K/c1-2-7-3-5-8(6-4-7)12-13(9,10)11;/h3-6H,2H2,1H3,(H,9,10,11);/q;+1/p-1/i3D,4D,5D,6D;. The van der Waals surface area contributed by atoms with Gasteiger partial charge in [0.2, 0.25) is 0 Å². The van der Waals surface area contributed by atoms with Crippen molar-refractivity contribution in [1.82, 2.24) is 0 Å². The van der Waals surface area contributed by atoms with Crippen molar-refractivity contribution in [2.75, 3.05) is 0 Å². The fourth-order valence-corrected chi connectivity index (χ4v) is 0.935. The maximum atomic E-state index is 10.4. The molecule has 0 aliphatic heterocycles. The fourth-order valence-electron chi connectivity index (χ4n) is 0.647. The Morgan fingerprint density at radius 1 is 1.43 bits per heavy atom. The predicted octanol–water partition coefficient (Wildman–Crippen LogP) is -1.91. The molecular weight excluding hydrogens is 231 g/mol. The Balaban J connectivity index is 0.00000289. The van der Waals surface area contributed by atoms with Crippen molar-refractivity contribution >= 4 is 10.4 Å². The molecule has 4 nitrogen and oxygen atoms in total. The first kappa shape index (κ1) is 8.69. The minimum absolute atomic E-state index is 0. The smallest absolute Gasteiger partial charge is 0.716 e. The van der Waals surface area contributed by atoms with Crippen LogP contribution in [0.5, 0.6) is 5.75 Å². The van der Waals surface area contributed by atoms with Gasteiger partial charge >= 0.3 is 51.4 Å². The zero-order valence-corrected chi connectivity index (χ0v) is 11.7. The van der Waals surface area contributed by atoms with Crippen LogP contribution in [0.3, 0.4) is 0 Å². The largest absolute Gasteiger partial charge is 1.00 e. The summed E-state index contributed by atoms with van der Waals surface area (Å²) in [6.07, 6.45) is 0.250. The van der Waals surface area contributed by atoms with Crippen LogP contribution in [0, 0.1) is 0 Å². The third-order valence-corrected chi connectivity index (χ3v) is 1.56. The van der Waals surface area contributed by atoms with E-state index in [1.54, 1.807) is 6.92 Å². The molecule has 0 aromatic heterocycles. The van der Waals surface area contributed by atoms with Crippen LogP contribution in [0.2, 0.25) is 0 Å². The van der Waals surface area contributed by atoms with Gasteiger partial charge in [-0.1, -0.05) is 19.0 Å². The molecule has 6 heteroatoms. The second kappa shape index (κ2) is 6.21. The molecule has 0 aliphatic rings. The Morgan fingerprint density at radius 2 is 1.93 bits per heavy atom. The van der Waals surface area contributed by atoms with Gasteiger partial charge in [0, 0.05) is 0 Å². The Hall–Kier alpha value is 0.566. The molecule has 1 aromatic carbocycles. The predicted molar refractivity (Wildman–Crippen MR) is 46.1 cm³/mol. The van der Waals surface area contributed by atoms with E-state index in [0.29, 0.717) is 0 Å². The third-order valence-electron chi connectivity index (χ3n) is 1.19. The molecule has 14 heavy (non-hydrogen) atoms. The molecule has 72 valence electrons. The Kier molecular flexibility index (Phi) is 3.86. The van der Waals surface area contributed by atoms with E-state index in [1.807, 2.05) is 0 Å². The van der Waals surface area contributed by atoms with E-state index in [0.717, 1.165) is 0 Å². The van der Waals surface area contributed by atoms with Gasteiger partial charge in [0.05, 0.1) is 5.48 Å². The molecule has 0 radical (unpaired) electrons. The summed E-state index contributed by atoms with van der Waals surface area (Å²) in [6.45, 7) is 1.63. The van der Waals surface area contributed by atoms with E-state index in [1.165, 1.54) is 0 Å². The normalized spacial score (nSPS) is 14.4. The minimum Gasteiger partial charge on any atom is -0.716 e. The molecular formula is C8H9KO4S. The van der Waals surface area contributed by atoms with Gasteiger partial charge in [-0.05, 0) is 24.1 Å². The van der Waals surface area contributed by atoms with Crippen molar-refractivity contribution < 1.29 is 74.0 Å². The summed E-state index contributed by atoms with van der Waals surface area (Å²) in [5.41, 5.74) is 0.135. The summed E-state index contributed by atoms with van der Waals surface area (Å²) in [7, 11) is -5.13. The van der Waals surface area contributed by atoms with Gasteiger partial charge in [-0.15, -0.1) is 0 Å². The van der Waals surface area contributed by atoms with Crippen LogP contribution in [0.1, 0.15) is 18.0 Å². The molecule has 1 aromatic rings. The van der Waals surface area contributed by atoms with Gasteiger partial charge in [-0.2, -0.15) is 0 Å². The second-order valence-electron chi connectivity index (χ2n) is 2.15. The maximum absolute atomic E-state index is 10.4. The second-order valence-corrected chi connectivity index (χ2v) is 3.14. The van der Waals surface area contributed by atoms with Crippen molar-refractivity contribution in [3.63, 3.8) is 0 Å². The molecule has 0 spiro atoms. The number of rotatable bonds is 3. The van der Waals surface area contributed by atoms with Gasteiger partial charge in [0.25, 0.3) is 10.4 Å². The van der Waals surface area contributed by atoms with Crippen molar-refractivity contribution in [3.8, 4) is 5.75 Å². The Labute approximate surface area is 132 Å². The molecule has 0 fully saturated rings. The first-order valence-electron chi connectivity index (χ1n) is 5.43. The minimum atomic E-state index is -5.13. The first-order valence-corrected chi connectivity index (χ1v) is 4.76. The molecule has 0 aliphatic carbocycles. The number of benzene rings is 1. The molecule has 0 atom stereocenters. The van der Waals surface area contributed by atoms with Crippen LogP contribution in [-0.4, -0.2) is 13.0 Å². The summed E-state index contributed by atoms with van der Waals surface area (Å²) in [5, 5.41) is 0. The van der Waals surface area contributed by atoms with Crippen molar-refractivity contribution in [1.29, 1.82) is 0 Å². The molecule has 0 N–H and O–H groups in total. The summed E-state index contributed by atoms with van der Waals surface area (Å²) >= 11 is 0. The quantitative estimate of drug-likeness (QED) is 0.354. The van der Waals surface area contributed by atoms with Crippen LogP contribution >= 0.6 is 0 Å². The maximum Gasteiger partial charge on any atom is 1.00 e. The van der Waals surface area contributed by atoms with Gasteiger partial charge in [-0.25, -0.2) is 8.42 Å². The Morgan fingerprint density at radius 3 is 2.29 bits per heavy atom. The molecule has 1 rings (SSSR count). The zero-order valence-electron chi connectivity index (χ0n) is 11.7. The van der Waals surface area contributed by atoms with E-state index in [-0.39, 0.29) is 63.4 Å². The number of hydrogen-bond donors (Lipinski definition) is 0. The van der Waals surface area contributed by atoms with Crippen LogP contribution < -0.4 is 55.6 Å². The SMILES string of the molecule is [2H]c1c([2H])c(OS(=O)(=O)[O-])c([2H])c([2H])c1CC.[K+]. The monoisotopic (exact) mass is 244 g/mol. The van der Waals surface area contributed by atoms with Gasteiger partial charge < -0.3 is 8.74 Å². The zero-order chi connectivity index (χ0) is 13.4. The van der Waals surface area contributed by atoms with E-state index < -0.39 is 40.3 Å². The van der Waals surface area contributed by atoms with E-state index in [4.69, 9.17) is 5.48 Å². The molecule has 0 amide bonds. The molecule has 0 unspecified atom stereocenters. The van der Waals surface area contributed by atoms with Gasteiger partial charge in [-0.3, -0.25) is 0 Å². The first-order chi connectivity index (χ1) is 7.69. The third kappa shape index (κ3) is 5.45. The van der Waals surface area contributed by atoms with Crippen molar-refractivity contribution in [2.45, 2.75) is 13.3 Å². The van der Waals surface area contributed by atoms with Gasteiger partial charge in [0.15, 0.2) is 0 Å². The fraction of sp³-hybridized carbons (Fsp3) is 0.250. The van der Waals surface area contributed by atoms with E-state index in [2.05, 4.69) is 4.18 Å². The average Bonchev–Trinajstić information content (AvgIpc) is 2.21. The van der Waals surface area contributed by atoms with Gasteiger partial charge in [0.1, 0.15) is 5.75 Å². The van der Waals surface area contributed by atoms with Crippen molar-refractivity contribution in [3.05, 3.63) is 29.7 Å². The van der Waals surface area contributed by atoms with E-state index >= 15 is 0 Å². The molecule has 0 saturated heterocycles. The van der Waals surface area contributed by atoms with Crippen LogP contribution in [0.4, 0.5) is 0 Å². The average molecular weight is 244 g/mol. The van der Waals surface area contributed by atoms with Crippen LogP contribution in [0.25, 0.3) is 0 Å². The molecule has 0 heterocycles. The van der Waals surface area contributed by atoms with Crippen LogP contribution in [0.15, 0.2) is 24.2 Å². The summed E-state index contributed by atoms with van der Waals surface area (Å²) in [5.74, 6) is -0.868. The van der Waals surface area contributed by atoms with E-state index in [9.17, 15) is 13.0 Å². The van der Waals surface area contributed by atoms with Crippen molar-refractivity contribution in [2.24, 2.45) is 0 Å². The number of hydrogen-bond acceptors (Lipinski definition) is 4.